The summed E-state index contributed by atoms with van der Waals surface area (Å²) in [6.07, 6.45) is 18.2. The maximum absolute atomic E-state index is 10.0. The summed E-state index contributed by atoms with van der Waals surface area (Å²) in [5.41, 5.74) is 4.72. The van der Waals surface area contributed by atoms with Crippen LogP contribution in [0.2, 0.25) is 0 Å². The molecule has 28 heavy (non-hydrogen) atoms. The third kappa shape index (κ3) is 4.84. The molecule has 5 atom stereocenters. The summed E-state index contributed by atoms with van der Waals surface area (Å²) >= 11 is 0. The second kappa shape index (κ2) is 9.33. The van der Waals surface area contributed by atoms with Gasteiger partial charge in [0.25, 0.3) is 0 Å². The third-order valence-corrected chi connectivity index (χ3v) is 8.35. The average Bonchev–Trinajstić information content (AvgIpc) is 2.99. The smallest absolute Gasteiger partial charge is 0.0583 e. The number of aliphatic hydroxyl groups is 1. The first-order valence-corrected chi connectivity index (χ1v) is 12.1. The predicted octanol–water partition coefficient (Wildman–Crippen LogP) is 7.62. The van der Waals surface area contributed by atoms with E-state index in [1.165, 1.54) is 62.5 Å². The zero-order valence-electron chi connectivity index (χ0n) is 19.0. The van der Waals surface area contributed by atoms with E-state index in [0.29, 0.717) is 5.41 Å². The van der Waals surface area contributed by atoms with Gasteiger partial charge in [-0.3, -0.25) is 0 Å². The van der Waals surface area contributed by atoms with E-state index in [4.69, 9.17) is 0 Å². The minimum atomic E-state index is -0.172. The molecule has 158 valence electrons. The Hall–Kier alpha value is -0.820. The Morgan fingerprint density at radius 3 is 2.64 bits per heavy atom. The van der Waals surface area contributed by atoms with Crippen LogP contribution in [0.15, 0.2) is 35.5 Å². The number of aliphatic hydroxyl groups excluding tert-OH is 1. The van der Waals surface area contributed by atoms with Gasteiger partial charge in [0.1, 0.15) is 0 Å². The molecule has 0 aromatic rings. The average molecular weight is 385 g/mol. The molecule has 0 radical (unpaired) electrons. The van der Waals surface area contributed by atoms with Crippen molar-refractivity contribution in [1.82, 2.24) is 0 Å². The van der Waals surface area contributed by atoms with Crippen molar-refractivity contribution in [3.63, 3.8) is 0 Å². The summed E-state index contributed by atoms with van der Waals surface area (Å²) in [6, 6.07) is 0. The van der Waals surface area contributed by atoms with E-state index >= 15 is 0 Å². The topological polar surface area (TPSA) is 20.2 Å². The van der Waals surface area contributed by atoms with Crippen molar-refractivity contribution in [3.8, 4) is 0 Å². The molecule has 0 aliphatic heterocycles. The van der Waals surface area contributed by atoms with E-state index in [0.717, 1.165) is 42.9 Å². The lowest BCUT2D eigenvalue weighted by Crippen LogP contribution is -2.36. The van der Waals surface area contributed by atoms with E-state index in [-0.39, 0.29) is 6.10 Å². The lowest BCUT2D eigenvalue weighted by Gasteiger charge is -2.44. The van der Waals surface area contributed by atoms with E-state index in [2.05, 4.69) is 46.4 Å². The molecule has 0 aromatic heterocycles. The van der Waals surface area contributed by atoms with Crippen molar-refractivity contribution in [1.29, 1.82) is 0 Å². The van der Waals surface area contributed by atoms with E-state index in [1.807, 2.05) is 0 Å². The predicted molar refractivity (Wildman–Crippen MR) is 121 cm³/mol. The third-order valence-electron chi connectivity index (χ3n) is 8.35. The van der Waals surface area contributed by atoms with Crippen molar-refractivity contribution in [2.75, 3.05) is 0 Å². The largest absolute Gasteiger partial charge is 0.393 e. The Kier molecular flexibility index (Phi) is 7.29. The number of fused-ring (bicyclic) bond motifs is 1. The Labute approximate surface area is 174 Å². The summed E-state index contributed by atoms with van der Waals surface area (Å²) in [5.74, 6) is 3.37. The van der Waals surface area contributed by atoms with E-state index in [9.17, 15) is 5.11 Å². The highest BCUT2D eigenvalue weighted by Crippen LogP contribution is 2.59. The molecule has 0 amide bonds. The first-order chi connectivity index (χ1) is 13.3. The van der Waals surface area contributed by atoms with Gasteiger partial charge in [-0.2, -0.15) is 0 Å². The van der Waals surface area contributed by atoms with Crippen LogP contribution in [0.3, 0.4) is 0 Å². The molecule has 3 saturated carbocycles. The zero-order chi connectivity index (χ0) is 20.3. The molecule has 3 fully saturated rings. The summed E-state index contributed by atoms with van der Waals surface area (Å²) in [6.45, 7) is 14.1. The van der Waals surface area contributed by atoms with Gasteiger partial charge in [-0.1, -0.05) is 76.8 Å². The molecule has 0 saturated heterocycles. The highest BCUT2D eigenvalue weighted by Gasteiger charge is 2.50. The lowest BCUT2D eigenvalue weighted by atomic mass is 9.60. The van der Waals surface area contributed by atoms with Crippen molar-refractivity contribution >= 4 is 0 Å². The quantitative estimate of drug-likeness (QED) is 0.499. The highest BCUT2D eigenvalue weighted by atomic mass is 16.3. The molecule has 1 nitrogen and oxygen atoms in total. The maximum Gasteiger partial charge on any atom is 0.0583 e. The second-order valence-corrected chi connectivity index (χ2v) is 10.8. The van der Waals surface area contributed by atoms with Gasteiger partial charge in [0, 0.05) is 0 Å². The monoisotopic (exact) mass is 384 g/mol. The Morgan fingerprint density at radius 1 is 1.11 bits per heavy atom. The molecule has 0 unspecified atom stereocenters. The lowest BCUT2D eigenvalue weighted by molar-refractivity contribution is 0.0929. The van der Waals surface area contributed by atoms with Crippen molar-refractivity contribution in [2.24, 2.45) is 29.1 Å². The van der Waals surface area contributed by atoms with Crippen LogP contribution in [0, 0.1) is 29.1 Å². The molecular formula is C27H44O. The SMILES string of the molecule is C=C1CC[C@H](O)C/C1=C\C=C1/CCC[C@]2(C)[C@@H]1CC[C@H]2[C@H](C)CCCC(C)C. The molecule has 3 rings (SSSR count). The molecule has 1 heteroatoms. The molecule has 0 spiro atoms. The van der Waals surface area contributed by atoms with Gasteiger partial charge in [0.05, 0.1) is 6.10 Å². The van der Waals surface area contributed by atoms with Crippen molar-refractivity contribution < 1.29 is 5.11 Å². The van der Waals surface area contributed by atoms with Gasteiger partial charge in [-0.25, -0.2) is 0 Å². The molecular weight excluding hydrogens is 340 g/mol. The fourth-order valence-electron chi connectivity index (χ4n) is 6.66. The maximum atomic E-state index is 10.0. The molecule has 1 N–H and O–H groups in total. The van der Waals surface area contributed by atoms with Crippen LogP contribution in [0.4, 0.5) is 0 Å². The standard InChI is InChI=1S/C27H44O/c1-19(2)8-6-9-21(4)25-15-16-26-22(10-7-17-27(25,26)5)12-13-23-18-24(28)14-11-20(23)3/h12-13,19,21,24-26,28H,3,6-11,14-18H2,1-2,4-5H3/b22-12+,23-13+/t21-,24+,25+,26-,27+/m1/s1. The van der Waals surface area contributed by atoms with Crippen LogP contribution in [0.1, 0.15) is 98.3 Å². The summed E-state index contributed by atoms with van der Waals surface area (Å²) < 4.78 is 0. The van der Waals surface area contributed by atoms with Crippen LogP contribution in [0.25, 0.3) is 0 Å². The van der Waals surface area contributed by atoms with Crippen LogP contribution in [0.5, 0.6) is 0 Å². The molecule has 0 aromatic carbocycles. The molecule has 0 bridgehead atoms. The molecule has 3 aliphatic carbocycles. The zero-order valence-corrected chi connectivity index (χ0v) is 19.0. The first-order valence-electron chi connectivity index (χ1n) is 12.1. The fraction of sp³-hybridized carbons (Fsp3) is 0.778. The summed E-state index contributed by atoms with van der Waals surface area (Å²) in [7, 11) is 0. The number of hydrogen-bond donors (Lipinski definition) is 1. The minimum Gasteiger partial charge on any atom is -0.393 e. The van der Waals surface area contributed by atoms with E-state index < -0.39 is 0 Å². The Morgan fingerprint density at radius 2 is 1.89 bits per heavy atom. The van der Waals surface area contributed by atoms with Gasteiger partial charge in [-0.05, 0) is 86.0 Å². The van der Waals surface area contributed by atoms with Crippen LogP contribution >= 0.6 is 0 Å². The van der Waals surface area contributed by atoms with Crippen molar-refractivity contribution in [3.05, 3.63) is 35.5 Å². The fourth-order valence-corrected chi connectivity index (χ4v) is 6.66. The summed E-state index contributed by atoms with van der Waals surface area (Å²) in [5, 5.41) is 10.0. The molecule has 3 aliphatic rings. The van der Waals surface area contributed by atoms with Crippen LogP contribution in [-0.4, -0.2) is 11.2 Å². The van der Waals surface area contributed by atoms with Crippen LogP contribution < -0.4 is 0 Å². The second-order valence-electron chi connectivity index (χ2n) is 10.8. The Balaban J connectivity index is 1.70. The van der Waals surface area contributed by atoms with Gasteiger partial charge < -0.3 is 5.11 Å². The normalized spacial score (nSPS) is 37.6. The first kappa shape index (κ1) is 21.9. The van der Waals surface area contributed by atoms with E-state index in [1.54, 1.807) is 5.57 Å². The van der Waals surface area contributed by atoms with Gasteiger partial charge in [-0.15, -0.1) is 0 Å². The van der Waals surface area contributed by atoms with Crippen LogP contribution in [-0.2, 0) is 0 Å². The van der Waals surface area contributed by atoms with Gasteiger partial charge in [0.2, 0.25) is 0 Å². The Bertz CT molecular complexity index is 610. The highest BCUT2D eigenvalue weighted by molar-refractivity contribution is 5.36. The van der Waals surface area contributed by atoms with Crippen molar-refractivity contribution in [2.45, 2.75) is 104 Å². The number of hydrogen-bond acceptors (Lipinski definition) is 1. The molecule has 0 heterocycles. The number of rotatable bonds is 6. The minimum absolute atomic E-state index is 0.172. The number of allylic oxidation sites excluding steroid dienone is 4. The summed E-state index contributed by atoms with van der Waals surface area (Å²) in [4.78, 5) is 0. The van der Waals surface area contributed by atoms with Gasteiger partial charge in [0.15, 0.2) is 0 Å². The van der Waals surface area contributed by atoms with Gasteiger partial charge >= 0.3 is 0 Å².